The largest absolute Gasteiger partial charge is 0.435 e. The number of hydrogen-bond acceptors (Lipinski definition) is 5. The Morgan fingerprint density at radius 1 is 1.35 bits per heavy atom. The number of nitro groups is 1. The molecule has 1 aromatic carbocycles. The second kappa shape index (κ2) is 5.39. The molecule has 1 unspecified atom stereocenters. The number of benzene rings is 1. The molecule has 106 valence electrons. The first-order chi connectivity index (χ1) is 9.39. The van der Waals surface area contributed by atoms with Gasteiger partial charge in [-0.25, -0.2) is 18.1 Å². The number of aromatic nitrogens is 2. The van der Waals surface area contributed by atoms with Crippen LogP contribution in [0.5, 0.6) is 0 Å². The van der Waals surface area contributed by atoms with Crippen molar-refractivity contribution >= 4 is 16.0 Å². The van der Waals surface area contributed by atoms with Crippen LogP contribution < -0.4 is 5.14 Å². The number of imidazole rings is 1. The monoisotopic (exact) mass is 296 g/mol. The van der Waals surface area contributed by atoms with E-state index in [1.807, 2.05) is 0 Å². The molecule has 20 heavy (non-hydrogen) atoms. The Morgan fingerprint density at radius 3 is 2.55 bits per heavy atom. The molecule has 0 amide bonds. The molecule has 2 aromatic rings. The van der Waals surface area contributed by atoms with Gasteiger partial charge in [-0.3, -0.25) is 0 Å². The van der Waals surface area contributed by atoms with Crippen LogP contribution >= 0.6 is 0 Å². The van der Waals surface area contributed by atoms with Crippen LogP contribution in [0.1, 0.15) is 10.9 Å². The Labute approximate surface area is 115 Å². The van der Waals surface area contributed by atoms with Crippen LogP contribution in [0.15, 0.2) is 42.7 Å². The smallest absolute Gasteiger partial charge is 0.390 e. The van der Waals surface area contributed by atoms with Gasteiger partial charge in [-0.05, 0) is 10.5 Å². The number of primary sulfonamides is 1. The highest BCUT2D eigenvalue weighted by molar-refractivity contribution is 7.89. The number of nitrogens with two attached hydrogens (primary N) is 1. The Balaban J connectivity index is 2.44. The molecule has 0 bridgehead atoms. The summed E-state index contributed by atoms with van der Waals surface area (Å²) in [7, 11) is -4.02. The summed E-state index contributed by atoms with van der Waals surface area (Å²) in [6.07, 6.45) is 2.42. The fourth-order valence-corrected chi connectivity index (χ4v) is 2.77. The van der Waals surface area contributed by atoms with Crippen LogP contribution in [0, 0.1) is 10.1 Å². The highest BCUT2D eigenvalue weighted by Gasteiger charge is 2.31. The molecule has 8 nitrogen and oxygen atoms in total. The van der Waals surface area contributed by atoms with Gasteiger partial charge in [-0.2, -0.15) is 0 Å². The van der Waals surface area contributed by atoms with E-state index < -0.39 is 26.3 Å². The minimum atomic E-state index is -4.02. The van der Waals surface area contributed by atoms with Gasteiger partial charge in [0, 0.05) is 6.42 Å². The predicted molar refractivity (Wildman–Crippen MR) is 71.2 cm³/mol. The second-order valence-electron chi connectivity index (χ2n) is 4.13. The van der Waals surface area contributed by atoms with Crippen molar-refractivity contribution in [2.24, 2.45) is 5.14 Å². The lowest BCUT2D eigenvalue weighted by molar-refractivity contribution is -0.396. The summed E-state index contributed by atoms with van der Waals surface area (Å²) >= 11 is 0. The standard InChI is InChI=1S/C11H12N4O4S/c12-20(18,19)10(8-9-4-2-1-3-5-9)14-7-6-13-11(14)15(16)17/h1-7,10H,8H2,(H2,12,18,19). The third-order valence-corrected chi connectivity index (χ3v) is 3.91. The minimum absolute atomic E-state index is 0.0247. The Bertz CT molecular complexity index is 711. The topological polar surface area (TPSA) is 121 Å². The maximum absolute atomic E-state index is 11.7. The lowest BCUT2D eigenvalue weighted by atomic mass is 10.1. The number of sulfonamides is 1. The van der Waals surface area contributed by atoms with Crippen molar-refractivity contribution in [3.8, 4) is 0 Å². The first-order valence-corrected chi connectivity index (χ1v) is 7.23. The first-order valence-electron chi connectivity index (χ1n) is 5.62. The average molecular weight is 296 g/mol. The molecule has 0 aliphatic heterocycles. The van der Waals surface area contributed by atoms with Crippen molar-refractivity contribution in [1.29, 1.82) is 0 Å². The summed E-state index contributed by atoms with van der Waals surface area (Å²) in [5.41, 5.74) is 0.703. The third-order valence-electron chi connectivity index (χ3n) is 2.75. The molecule has 2 N–H and O–H groups in total. The van der Waals surface area contributed by atoms with Gasteiger partial charge in [0.05, 0.1) is 0 Å². The van der Waals surface area contributed by atoms with Crippen molar-refractivity contribution in [2.45, 2.75) is 11.8 Å². The van der Waals surface area contributed by atoms with Crippen LogP contribution in [0.25, 0.3) is 0 Å². The summed E-state index contributed by atoms with van der Waals surface area (Å²) in [6.45, 7) is 0. The molecule has 0 saturated heterocycles. The van der Waals surface area contributed by atoms with E-state index in [2.05, 4.69) is 4.98 Å². The van der Waals surface area contributed by atoms with Gasteiger partial charge in [0.2, 0.25) is 15.4 Å². The summed E-state index contributed by atoms with van der Waals surface area (Å²) in [5, 5.41) is 14.8. The van der Waals surface area contributed by atoms with E-state index in [-0.39, 0.29) is 6.42 Å². The van der Waals surface area contributed by atoms with Crippen molar-refractivity contribution < 1.29 is 13.3 Å². The van der Waals surface area contributed by atoms with Crippen LogP contribution in [-0.4, -0.2) is 22.9 Å². The molecule has 0 aliphatic carbocycles. The average Bonchev–Trinajstić information content (AvgIpc) is 2.84. The molecule has 2 rings (SSSR count). The number of nitrogens with zero attached hydrogens (tertiary/aromatic N) is 3. The van der Waals surface area contributed by atoms with Crippen LogP contribution in [0.4, 0.5) is 5.95 Å². The summed E-state index contributed by atoms with van der Waals surface area (Å²) in [4.78, 5) is 13.6. The van der Waals surface area contributed by atoms with E-state index in [1.54, 1.807) is 30.3 Å². The zero-order valence-electron chi connectivity index (χ0n) is 10.3. The van der Waals surface area contributed by atoms with Gasteiger partial charge in [-0.1, -0.05) is 35.3 Å². The fourth-order valence-electron chi connectivity index (χ4n) is 1.86. The number of hydrogen-bond donors (Lipinski definition) is 1. The van der Waals surface area contributed by atoms with Crippen molar-refractivity contribution in [1.82, 2.24) is 9.55 Å². The van der Waals surface area contributed by atoms with E-state index in [1.165, 1.54) is 12.4 Å². The molecule has 0 aliphatic rings. The van der Waals surface area contributed by atoms with Gasteiger partial charge in [-0.15, -0.1) is 0 Å². The molecule has 1 heterocycles. The van der Waals surface area contributed by atoms with Gasteiger partial charge in [0.15, 0.2) is 0 Å². The zero-order valence-corrected chi connectivity index (χ0v) is 11.1. The Morgan fingerprint density at radius 2 is 2.00 bits per heavy atom. The quantitative estimate of drug-likeness (QED) is 0.646. The molecule has 1 aromatic heterocycles. The fraction of sp³-hybridized carbons (Fsp3) is 0.182. The normalized spacial score (nSPS) is 13.1. The number of rotatable bonds is 5. The summed E-state index contributed by atoms with van der Waals surface area (Å²) in [5.74, 6) is -0.556. The van der Waals surface area contributed by atoms with Crippen molar-refractivity contribution in [3.05, 3.63) is 58.4 Å². The first kappa shape index (κ1) is 14.2. The zero-order chi connectivity index (χ0) is 14.8. The van der Waals surface area contributed by atoms with Crippen LogP contribution in [0.3, 0.4) is 0 Å². The molecular weight excluding hydrogens is 284 g/mol. The second-order valence-corrected chi connectivity index (χ2v) is 5.85. The summed E-state index contributed by atoms with van der Waals surface area (Å²) < 4.78 is 24.4. The molecule has 0 saturated carbocycles. The molecular formula is C11H12N4O4S. The maximum Gasteiger partial charge on any atom is 0.435 e. The minimum Gasteiger partial charge on any atom is -0.390 e. The summed E-state index contributed by atoms with van der Waals surface area (Å²) in [6, 6.07) is 8.73. The van der Waals surface area contributed by atoms with Gasteiger partial charge in [0.25, 0.3) is 0 Å². The molecule has 0 fully saturated rings. The third kappa shape index (κ3) is 3.00. The molecule has 0 spiro atoms. The van der Waals surface area contributed by atoms with Crippen molar-refractivity contribution in [2.75, 3.05) is 0 Å². The van der Waals surface area contributed by atoms with Gasteiger partial charge < -0.3 is 10.1 Å². The molecule has 0 radical (unpaired) electrons. The highest BCUT2D eigenvalue weighted by Crippen LogP contribution is 2.23. The maximum atomic E-state index is 11.7. The lowest BCUT2D eigenvalue weighted by Crippen LogP contribution is -2.28. The van der Waals surface area contributed by atoms with Crippen molar-refractivity contribution in [3.63, 3.8) is 0 Å². The van der Waals surface area contributed by atoms with Gasteiger partial charge >= 0.3 is 5.95 Å². The van der Waals surface area contributed by atoms with E-state index in [0.29, 0.717) is 5.56 Å². The highest BCUT2D eigenvalue weighted by atomic mass is 32.2. The van der Waals surface area contributed by atoms with Gasteiger partial charge in [0.1, 0.15) is 12.4 Å². The van der Waals surface area contributed by atoms with Crippen LogP contribution in [-0.2, 0) is 16.4 Å². The Kier molecular flexibility index (Phi) is 3.81. The van der Waals surface area contributed by atoms with E-state index >= 15 is 0 Å². The SMILES string of the molecule is NS(=O)(=O)C(Cc1ccccc1)n1ccnc1[N+](=O)[O-]. The lowest BCUT2D eigenvalue weighted by Gasteiger charge is -2.14. The van der Waals surface area contributed by atoms with E-state index in [9.17, 15) is 18.5 Å². The Hall–Kier alpha value is -2.26. The van der Waals surface area contributed by atoms with E-state index in [4.69, 9.17) is 5.14 Å². The predicted octanol–water partition coefficient (Wildman–Crippen LogP) is 0.821. The molecule has 1 atom stereocenters. The van der Waals surface area contributed by atoms with Crippen LogP contribution in [0.2, 0.25) is 0 Å². The van der Waals surface area contributed by atoms with E-state index in [0.717, 1.165) is 4.57 Å². The molecule has 9 heteroatoms.